The lowest BCUT2D eigenvalue weighted by Crippen LogP contribution is -2.51. The van der Waals surface area contributed by atoms with Crippen molar-refractivity contribution in [2.45, 2.75) is 46.2 Å². The Bertz CT molecular complexity index is 1060. The summed E-state index contributed by atoms with van der Waals surface area (Å²) >= 11 is 5.98. The first-order valence-corrected chi connectivity index (χ1v) is 13.1. The number of unbranched alkanes of at least 4 members (excludes halogenated alkanes) is 1. The Balaban J connectivity index is 2.34. The molecule has 0 fully saturated rings. The summed E-state index contributed by atoms with van der Waals surface area (Å²) in [5.41, 5.74) is 1.94. The number of amides is 2. The minimum Gasteiger partial charge on any atom is -0.354 e. The number of nitrogens with one attached hydrogen (secondary N) is 1. The normalized spacial score (nSPS) is 12.2. The van der Waals surface area contributed by atoms with E-state index in [1.807, 2.05) is 6.92 Å². The van der Waals surface area contributed by atoms with Gasteiger partial charge in [0.05, 0.1) is 11.9 Å². The van der Waals surface area contributed by atoms with Gasteiger partial charge in [-0.3, -0.25) is 13.9 Å². The fraction of sp³-hybridized carbons (Fsp3) is 0.417. The van der Waals surface area contributed by atoms with Crippen LogP contribution in [0.5, 0.6) is 0 Å². The summed E-state index contributed by atoms with van der Waals surface area (Å²) in [6.07, 6.45) is 2.83. The standard InChI is InChI=1S/C24H32ClN3O4S/c1-5-6-15-26-24(30)19(3)27(16-20-11-13-21(25)14-12-20)23(29)17-28(33(4,31)32)22-10-8-7-9-18(22)2/h7-14,19H,5-6,15-17H2,1-4H3,(H,26,30)/t19-/m1/s1. The van der Waals surface area contributed by atoms with Crippen LogP contribution in [-0.2, 0) is 26.2 Å². The molecule has 0 aliphatic rings. The Morgan fingerprint density at radius 2 is 1.73 bits per heavy atom. The lowest BCUT2D eigenvalue weighted by Gasteiger charge is -2.32. The second-order valence-electron chi connectivity index (χ2n) is 8.02. The van der Waals surface area contributed by atoms with E-state index in [-0.39, 0.29) is 12.5 Å². The SMILES string of the molecule is CCCCNC(=O)[C@@H](C)N(Cc1ccc(Cl)cc1)C(=O)CN(c1ccccc1C)S(C)(=O)=O. The fourth-order valence-corrected chi connectivity index (χ4v) is 4.38. The Morgan fingerprint density at radius 1 is 1.09 bits per heavy atom. The minimum atomic E-state index is -3.74. The van der Waals surface area contributed by atoms with Gasteiger partial charge in [0.15, 0.2) is 0 Å². The molecular formula is C24H32ClN3O4S. The molecule has 0 aliphatic heterocycles. The lowest BCUT2D eigenvalue weighted by molar-refractivity contribution is -0.139. The quantitative estimate of drug-likeness (QED) is 0.483. The predicted octanol–water partition coefficient (Wildman–Crippen LogP) is 3.75. The van der Waals surface area contributed by atoms with Crippen LogP contribution in [0.4, 0.5) is 5.69 Å². The second kappa shape index (κ2) is 12.0. The van der Waals surface area contributed by atoms with Crippen LogP contribution in [0.3, 0.4) is 0 Å². The third kappa shape index (κ3) is 7.75. The largest absolute Gasteiger partial charge is 0.354 e. The summed E-state index contributed by atoms with van der Waals surface area (Å²) in [7, 11) is -3.74. The van der Waals surface area contributed by atoms with Crippen molar-refractivity contribution in [2.24, 2.45) is 0 Å². The van der Waals surface area contributed by atoms with Crippen molar-refractivity contribution in [1.29, 1.82) is 0 Å². The number of hydrogen-bond acceptors (Lipinski definition) is 4. The summed E-state index contributed by atoms with van der Waals surface area (Å²) in [5, 5.41) is 3.41. The van der Waals surface area contributed by atoms with Crippen molar-refractivity contribution in [1.82, 2.24) is 10.2 Å². The summed E-state index contributed by atoms with van der Waals surface area (Å²) in [6, 6.07) is 13.2. The van der Waals surface area contributed by atoms with Gasteiger partial charge in [0.2, 0.25) is 21.8 Å². The molecule has 0 unspecified atom stereocenters. The molecule has 2 amide bonds. The van der Waals surface area contributed by atoms with Gasteiger partial charge in [0.1, 0.15) is 12.6 Å². The van der Waals surface area contributed by atoms with Crippen LogP contribution in [0.15, 0.2) is 48.5 Å². The number of carbonyl (C=O) groups excluding carboxylic acids is 2. The van der Waals surface area contributed by atoms with E-state index in [2.05, 4.69) is 5.32 Å². The number of para-hydroxylation sites is 1. The first-order chi connectivity index (χ1) is 15.5. The van der Waals surface area contributed by atoms with Gasteiger partial charge in [-0.2, -0.15) is 0 Å². The maximum Gasteiger partial charge on any atom is 0.244 e. The van der Waals surface area contributed by atoms with Crippen molar-refractivity contribution < 1.29 is 18.0 Å². The first kappa shape index (κ1) is 26.7. The Hall–Kier alpha value is -2.58. The number of aryl methyl sites for hydroxylation is 1. The molecule has 1 N–H and O–H groups in total. The van der Waals surface area contributed by atoms with E-state index < -0.39 is 28.5 Å². The molecule has 33 heavy (non-hydrogen) atoms. The number of halogens is 1. The smallest absolute Gasteiger partial charge is 0.244 e. The molecule has 2 rings (SSSR count). The summed E-state index contributed by atoms with van der Waals surface area (Å²) in [6.45, 7) is 5.70. The average molecular weight is 494 g/mol. The van der Waals surface area contributed by atoms with Crippen LogP contribution in [-0.4, -0.2) is 50.5 Å². The highest BCUT2D eigenvalue weighted by atomic mass is 35.5. The predicted molar refractivity (Wildman–Crippen MR) is 133 cm³/mol. The number of carbonyl (C=O) groups is 2. The number of sulfonamides is 1. The van der Waals surface area contributed by atoms with Gasteiger partial charge in [0, 0.05) is 18.1 Å². The topological polar surface area (TPSA) is 86.8 Å². The van der Waals surface area contributed by atoms with E-state index in [0.717, 1.165) is 34.5 Å². The molecule has 0 saturated carbocycles. The highest BCUT2D eigenvalue weighted by molar-refractivity contribution is 7.92. The van der Waals surface area contributed by atoms with Gasteiger partial charge < -0.3 is 10.2 Å². The van der Waals surface area contributed by atoms with Crippen molar-refractivity contribution in [3.63, 3.8) is 0 Å². The van der Waals surface area contributed by atoms with Gasteiger partial charge >= 0.3 is 0 Å². The minimum absolute atomic E-state index is 0.143. The van der Waals surface area contributed by atoms with Crippen molar-refractivity contribution >= 4 is 39.1 Å². The third-order valence-electron chi connectivity index (χ3n) is 5.33. The Kier molecular flexibility index (Phi) is 9.73. The van der Waals surface area contributed by atoms with Gasteiger partial charge in [0.25, 0.3) is 0 Å². The van der Waals surface area contributed by atoms with E-state index in [4.69, 9.17) is 11.6 Å². The average Bonchev–Trinajstić information content (AvgIpc) is 2.76. The number of benzene rings is 2. The van der Waals surface area contributed by atoms with Crippen molar-refractivity contribution in [3.8, 4) is 0 Å². The van der Waals surface area contributed by atoms with E-state index >= 15 is 0 Å². The van der Waals surface area contributed by atoms with Crippen LogP contribution < -0.4 is 9.62 Å². The summed E-state index contributed by atoms with van der Waals surface area (Å²) in [4.78, 5) is 27.6. The van der Waals surface area contributed by atoms with E-state index in [1.165, 1.54) is 4.90 Å². The van der Waals surface area contributed by atoms with Crippen molar-refractivity contribution in [2.75, 3.05) is 23.7 Å². The molecule has 180 valence electrons. The second-order valence-corrected chi connectivity index (χ2v) is 10.4. The Labute approximate surface area is 201 Å². The van der Waals surface area contributed by atoms with Crippen LogP contribution in [0.2, 0.25) is 5.02 Å². The van der Waals surface area contributed by atoms with Gasteiger partial charge in [-0.1, -0.05) is 55.3 Å². The van der Waals surface area contributed by atoms with E-state index in [0.29, 0.717) is 17.3 Å². The molecule has 2 aromatic rings. The first-order valence-electron chi connectivity index (χ1n) is 10.9. The molecule has 0 spiro atoms. The van der Waals surface area contributed by atoms with Crippen LogP contribution in [0, 0.1) is 6.92 Å². The molecule has 0 radical (unpaired) electrons. The molecule has 0 saturated heterocycles. The number of hydrogen-bond donors (Lipinski definition) is 1. The molecule has 7 nitrogen and oxygen atoms in total. The van der Waals surface area contributed by atoms with Gasteiger partial charge in [-0.05, 0) is 49.6 Å². The molecular weight excluding hydrogens is 462 g/mol. The zero-order valence-electron chi connectivity index (χ0n) is 19.5. The molecule has 9 heteroatoms. The molecule has 1 atom stereocenters. The zero-order valence-corrected chi connectivity index (χ0v) is 21.1. The lowest BCUT2D eigenvalue weighted by atomic mass is 10.1. The number of rotatable bonds is 11. The zero-order chi connectivity index (χ0) is 24.6. The monoisotopic (exact) mass is 493 g/mol. The maximum absolute atomic E-state index is 13.4. The number of nitrogens with zero attached hydrogens (tertiary/aromatic N) is 2. The highest BCUT2D eigenvalue weighted by Crippen LogP contribution is 2.23. The highest BCUT2D eigenvalue weighted by Gasteiger charge is 2.30. The van der Waals surface area contributed by atoms with Gasteiger partial charge in [-0.25, -0.2) is 8.42 Å². The van der Waals surface area contributed by atoms with E-state index in [9.17, 15) is 18.0 Å². The summed E-state index contributed by atoms with van der Waals surface area (Å²) < 4.78 is 26.2. The third-order valence-corrected chi connectivity index (χ3v) is 6.70. The van der Waals surface area contributed by atoms with Crippen molar-refractivity contribution in [3.05, 3.63) is 64.7 Å². The molecule has 0 heterocycles. The van der Waals surface area contributed by atoms with Crippen LogP contribution in [0.25, 0.3) is 0 Å². The maximum atomic E-state index is 13.4. The fourth-order valence-electron chi connectivity index (χ4n) is 3.34. The molecule has 0 bridgehead atoms. The summed E-state index contributed by atoms with van der Waals surface area (Å²) in [5.74, 6) is -0.760. The molecule has 2 aromatic carbocycles. The Morgan fingerprint density at radius 3 is 2.30 bits per heavy atom. The molecule has 0 aromatic heterocycles. The van der Waals surface area contributed by atoms with Crippen LogP contribution in [0.1, 0.15) is 37.8 Å². The van der Waals surface area contributed by atoms with E-state index in [1.54, 1.807) is 62.4 Å². The number of anilines is 1. The van der Waals surface area contributed by atoms with Crippen LogP contribution >= 0.6 is 11.6 Å². The molecule has 0 aliphatic carbocycles. The van der Waals surface area contributed by atoms with Gasteiger partial charge in [-0.15, -0.1) is 0 Å².